The molecule has 3 nitrogen and oxygen atoms in total. The Bertz CT molecular complexity index is 610. The molecule has 0 saturated carbocycles. The number of carbonyl (C=O) groups is 1. The van der Waals surface area contributed by atoms with Crippen LogP contribution in [-0.4, -0.2) is 11.9 Å². The molecule has 2 aromatic carbocycles. The van der Waals surface area contributed by atoms with E-state index in [-0.39, 0.29) is 5.78 Å². The molecule has 2 rings (SSSR count). The molecular formula is C17H18BrNO2. The first-order valence-corrected chi connectivity index (χ1v) is 7.71. The largest absolute Gasteiger partial charge is 0.482 e. The maximum Gasteiger partial charge on any atom is 0.203 e. The summed E-state index contributed by atoms with van der Waals surface area (Å²) >= 11 is 3.37. The van der Waals surface area contributed by atoms with Gasteiger partial charge in [-0.1, -0.05) is 47.5 Å². The number of ketones is 1. The molecule has 0 heterocycles. The number of rotatable bonds is 6. The van der Waals surface area contributed by atoms with Gasteiger partial charge >= 0.3 is 0 Å². The van der Waals surface area contributed by atoms with Crippen LogP contribution in [0.2, 0.25) is 0 Å². The van der Waals surface area contributed by atoms with Gasteiger partial charge in [0.1, 0.15) is 5.75 Å². The summed E-state index contributed by atoms with van der Waals surface area (Å²) in [7, 11) is 0. The van der Waals surface area contributed by atoms with Gasteiger partial charge in [-0.25, -0.2) is 0 Å². The lowest BCUT2D eigenvalue weighted by molar-refractivity contribution is 0.0777. The van der Waals surface area contributed by atoms with Crippen LogP contribution < -0.4 is 10.5 Å². The number of nitrogen functional groups attached to an aromatic ring is 1. The third-order valence-electron chi connectivity index (χ3n) is 3.11. The van der Waals surface area contributed by atoms with Crippen LogP contribution in [0.5, 0.6) is 5.75 Å². The smallest absolute Gasteiger partial charge is 0.203 e. The number of anilines is 1. The van der Waals surface area contributed by atoms with E-state index in [1.54, 1.807) is 24.3 Å². The van der Waals surface area contributed by atoms with Crippen molar-refractivity contribution in [1.29, 1.82) is 0 Å². The number of nitrogens with two attached hydrogens (primary N) is 1. The lowest BCUT2D eigenvalue weighted by Gasteiger charge is -2.18. The zero-order chi connectivity index (χ0) is 15.2. The molecule has 0 aliphatic heterocycles. The molecule has 1 unspecified atom stereocenters. The number of halogens is 1. The van der Waals surface area contributed by atoms with Crippen LogP contribution in [0, 0.1) is 0 Å². The number of carbonyl (C=O) groups excluding carboxylic acids is 1. The van der Waals surface area contributed by atoms with E-state index in [2.05, 4.69) is 15.9 Å². The lowest BCUT2D eigenvalue weighted by Crippen LogP contribution is -2.27. The summed E-state index contributed by atoms with van der Waals surface area (Å²) in [5.74, 6) is 0.616. The molecule has 0 radical (unpaired) electrons. The molecule has 21 heavy (non-hydrogen) atoms. The second kappa shape index (κ2) is 7.27. The summed E-state index contributed by atoms with van der Waals surface area (Å²) in [5.41, 5.74) is 7.02. The Morgan fingerprint density at radius 3 is 2.57 bits per heavy atom. The van der Waals surface area contributed by atoms with Crippen molar-refractivity contribution in [1.82, 2.24) is 0 Å². The van der Waals surface area contributed by atoms with Crippen LogP contribution in [0.25, 0.3) is 0 Å². The van der Waals surface area contributed by atoms with Crippen molar-refractivity contribution in [3.05, 3.63) is 58.6 Å². The van der Waals surface area contributed by atoms with Crippen LogP contribution in [0.1, 0.15) is 30.1 Å². The average molecular weight is 348 g/mol. The fourth-order valence-corrected chi connectivity index (χ4v) is 2.32. The minimum absolute atomic E-state index is 0.00762. The summed E-state index contributed by atoms with van der Waals surface area (Å²) in [4.78, 5) is 12.6. The zero-order valence-electron chi connectivity index (χ0n) is 11.9. The van der Waals surface area contributed by atoms with Crippen LogP contribution in [0.4, 0.5) is 5.69 Å². The molecular weight excluding hydrogens is 330 g/mol. The molecule has 0 fully saturated rings. The van der Waals surface area contributed by atoms with Crippen LogP contribution in [-0.2, 0) is 0 Å². The SMILES string of the molecule is CCCC(Oc1cccc(N)c1)C(=O)c1ccc(Br)cc1. The van der Waals surface area contributed by atoms with E-state index in [9.17, 15) is 4.79 Å². The zero-order valence-corrected chi connectivity index (χ0v) is 13.5. The van der Waals surface area contributed by atoms with Crippen LogP contribution >= 0.6 is 15.9 Å². The van der Waals surface area contributed by atoms with Crippen molar-refractivity contribution in [3.8, 4) is 5.75 Å². The van der Waals surface area contributed by atoms with E-state index in [1.165, 1.54) is 0 Å². The molecule has 0 saturated heterocycles. The molecule has 4 heteroatoms. The van der Waals surface area contributed by atoms with Crippen molar-refractivity contribution in [2.24, 2.45) is 0 Å². The second-order valence-corrected chi connectivity index (χ2v) is 5.75. The highest BCUT2D eigenvalue weighted by atomic mass is 79.9. The number of hydrogen-bond acceptors (Lipinski definition) is 3. The highest BCUT2D eigenvalue weighted by Gasteiger charge is 2.21. The van der Waals surface area contributed by atoms with Gasteiger partial charge in [0.2, 0.25) is 5.78 Å². The molecule has 1 atom stereocenters. The van der Waals surface area contributed by atoms with Gasteiger partial charge in [0.25, 0.3) is 0 Å². The predicted molar refractivity (Wildman–Crippen MR) is 88.7 cm³/mol. The average Bonchev–Trinajstić information content (AvgIpc) is 2.47. The predicted octanol–water partition coefficient (Wildman–Crippen LogP) is 4.46. The minimum atomic E-state index is -0.488. The first kappa shape index (κ1) is 15.6. The molecule has 0 aliphatic rings. The van der Waals surface area contributed by atoms with Gasteiger partial charge < -0.3 is 10.5 Å². The monoisotopic (exact) mass is 347 g/mol. The molecule has 2 N–H and O–H groups in total. The molecule has 0 spiro atoms. The normalized spacial score (nSPS) is 11.9. The Morgan fingerprint density at radius 1 is 1.24 bits per heavy atom. The van der Waals surface area contributed by atoms with Crippen molar-refractivity contribution >= 4 is 27.4 Å². The van der Waals surface area contributed by atoms with Gasteiger partial charge in [0, 0.05) is 21.8 Å². The Labute approximate surface area is 133 Å². The second-order valence-electron chi connectivity index (χ2n) is 4.84. The Morgan fingerprint density at radius 2 is 1.95 bits per heavy atom. The number of benzene rings is 2. The summed E-state index contributed by atoms with van der Waals surface area (Å²) in [5, 5.41) is 0. The van der Waals surface area contributed by atoms with Crippen LogP contribution in [0.15, 0.2) is 53.0 Å². The van der Waals surface area contributed by atoms with Gasteiger partial charge in [0.05, 0.1) is 0 Å². The first-order chi connectivity index (χ1) is 10.1. The Kier molecular flexibility index (Phi) is 5.39. The molecule has 0 bridgehead atoms. The summed E-state index contributed by atoms with van der Waals surface area (Å²) in [6.45, 7) is 2.03. The standard InChI is InChI=1S/C17H18BrNO2/c1-2-4-16(21-15-6-3-5-14(19)11-15)17(20)12-7-9-13(18)10-8-12/h3,5-11,16H,2,4,19H2,1H3. The third-order valence-corrected chi connectivity index (χ3v) is 3.64. The molecule has 110 valence electrons. The van der Waals surface area contributed by atoms with Gasteiger partial charge in [-0.05, 0) is 30.7 Å². The molecule has 0 amide bonds. The third kappa shape index (κ3) is 4.33. The highest BCUT2D eigenvalue weighted by Crippen LogP contribution is 2.20. The highest BCUT2D eigenvalue weighted by molar-refractivity contribution is 9.10. The fraction of sp³-hybridized carbons (Fsp3) is 0.235. The summed E-state index contributed by atoms with van der Waals surface area (Å²) in [6.07, 6.45) is 1.05. The first-order valence-electron chi connectivity index (χ1n) is 6.92. The number of ether oxygens (including phenoxy) is 1. The van der Waals surface area contributed by atoms with E-state index < -0.39 is 6.10 Å². The summed E-state index contributed by atoms with van der Waals surface area (Å²) in [6, 6.07) is 14.5. The topological polar surface area (TPSA) is 52.3 Å². The van der Waals surface area contributed by atoms with Gasteiger partial charge in [-0.15, -0.1) is 0 Å². The van der Waals surface area contributed by atoms with E-state index in [0.29, 0.717) is 23.4 Å². The molecule has 0 aliphatic carbocycles. The lowest BCUT2D eigenvalue weighted by atomic mass is 10.0. The Hall–Kier alpha value is -1.81. The quantitative estimate of drug-likeness (QED) is 0.619. The van der Waals surface area contributed by atoms with E-state index in [0.717, 1.165) is 10.9 Å². The van der Waals surface area contributed by atoms with Gasteiger partial charge in [0.15, 0.2) is 6.10 Å². The fourth-order valence-electron chi connectivity index (χ4n) is 2.06. The van der Waals surface area contributed by atoms with E-state index in [4.69, 9.17) is 10.5 Å². The minimum Gasteiger partial charge on any atom is -0.482 e. The number of hydrogen-bond donors (Lipinski definition) is 1. The molecule has 0 aromatic heterocycles. The van der Waals surface area contributed by atoms with Crippen molar-refractivity contribution in [3.63, 3.8) is 0 Å². The van der Waals surface area contributed by atoms with Crippen LogP contribution in [0.3, 0.4) is 0 Å². The summed E-state index contributed by atoms with van der Waals surface area (Å²) < 4.78 is 6.79. The molecule has 2 aromatic rings. The van der Waals surface area contributed by atoms with Crippen molar-refractivity contribution < 1.29 is 9.53 Å². The van der Waals surface area contributed by atoms with Gasteiger partial charge in [-0.2, -0.15) is 0 Å². The van der Waals surface area contributed by atoms with E-state index >= 15 is 0 Å². The van der Waals surface area contributed by atoms with Crippen molar-refractivity contribution in [2.75, 3.05) is 5.73 Å². The van der Waals surface area contributed by atoms with Gasteiger partial charge in [-0.3, -0.25) is 4.79 Å². The maximum atomic E-state index is 12.6. The number of Topliss-reactive ketones (excluding diaryl/α,β-unsaturated/α-hetero) is 1. The van der Waals surface area contributed by atoms with Crippen molar-refractivity contribution in [2.45, 2.75) is 25.9 Å². The maximum absolute atomic E-state index is 12.6. The van der Waals surface area contributed by atoms with E-state index in [1.807, 2.05) is 31.2 Å². The Balaban J connectivity index is 2.18.